The zero-order valence-electron chi connectivity index (χ0n) is 16.4. The van der Waals surface area contributed by atoms with Crippen molar-refractivity contribution in [1.82, 2.24) is 15.1 Å². The normalized spacial score (nSPS) is 24.3. The number of likely N-dealkylation sites (tertiary alicyclic amines) is 2. The first-order chi connectivity index (χ1) is 13.5. The molecule has 2 aliphatic heterocycles. The Morgan fingerprint density at radius 3 is 2.79 bits per heavy atom. The van der Waals surface area contributed by atoms with Crippen molar-refractivity contribution in [3.63, 3.8) is 0 Å². The number of hydrogen-bond donors (Lipinski definition) is 1. The molecule has 0 bridgehead atoms. The summed E-state index contributed by atoms with van der Waals surface area (Å²) in [5, 5.41) is 2.97. The molecule has 8 heteroatoms. The summed E-state index contributed by atoms with van der Waals surface area (Å²) in [6.45, 7) is 5.03. The van der Waals surface area contributed by atoms with E-state index in [4.69, 9.17) is 9.15 Å². The number of carbonyl (C=O) groups excluding carboxylic acids is 2. The second-order valence-corrected chi connectivity index (χ2v) is 7.60. The number of nitrogens with one attached hydrogen (secondary N) is 1. The molecule has 3 rings (SSSR count). The summed E-state index contributed by atoms with van der Waals surface area (Å²) in [4.78, 5) is 28.5. The Bertz CT molecular complexity index is 631. The Labute approximate surface area is 165 Å². The molecule has 2 saturated heterocycles. The first-order valence-electron chi connectivity index (χ1n) is 10.1. The van der Waals surface area contributed by atoms with Crippen LogP contribution in [0, 0.1) is 5.92 Å². The highest BCUT2D eigenvalue weighted by atomic mass is 19.1. The molecule has 2 aliphatic rings. The summed E-state index contributed by atoms with van der Waals surface area (Å²) >= 11 is 0. The van der Waals surface area contributed by atoms with Gasteiger partial charge in [-0.3, -0.25) is 14.5 Å². The molecule has 1 aromatic rings. The molecule has 156 valence electrons. The lowest BCUT2D eigenvalue weighted by molar-refractivity contribution is -0.140. The molecule has 0 aliphatic carbocycles. The van der Waals surface area contributed by atoms with Gasteiger partial charge in [0.15, 0.2) is 0 Å². The number of hydrogen-bond acceptors (Lipinski definition) is 5. The Morgan fingerprint density at radius 1 is 1.32 bits per heavy atom. The largest absolute Gasteiger partial charge is 0.468 e. The zero-order valence-corrected chi connectivity index (χ0v) is 16.4. The maximum Gasteiger partial charge on any atom is 0.248 e. The number of piperidine rings is 2. The molecule has 0 radical (unpaired) electrons. The van der Waals surface area contributed by atoms with Gasteiger partial charge in [-0.1, -0.05) is 0 Å². The summed E-state index contributed by atoms with van der Waals surface area (Å²) in [7, 11) is 0. The van der Waals surface area contributed by atoms with Crippen LogP contribution in [0.5, 0.6) is 0 Å². The third-order valence-corrected chi connectivity index (χ3v) is 5.45. The zero-order chi connectivity index (χ0) is 19.9. The van der Waals surface area contributed by atoms with Gasteiger partial charge in [-0.2, -0.15) is 0 Å². The number of alkyl halides is 1. The Morgan fingerprint density at radius 2 is 2.11 bits per heavy atom. The predicted molar refractivity (Wildman–Crippen MR) is 101 cm³/mol. The monoisotopic (exact) mass is 395 g/mol. The lowest BCUT2D eigenvalue weighted by Crippen LogP contribution is -2.55. The molecule has 2 amide bonds. The molecule has 0 aromatic carbocycles. The average Bonchev–Trinajstić information content (AvgIpc) is 3.19. The van der Waals surface area contributed by atoms with Crippen LogP contribution in [0.3, 0.4) is 0 Å². The van der Waals surface area contributed by atoms with Gasteiger partial charge in [-0.15, -0.1) is 0 Å². The van der Waals surface area contributed by atoms with E-state index in [1.54, 1.807) is 6.26 Å². The minimum absolute atomic E-state index is 0.0334. The van der Waals surface area contributed by atoms with Crippen molar-refractivity contribution in [2.45, 2.75) is 44.9 Å². The first kappa shape index (κ1) is 20.8. The van der Waals surface area contributed by atoms with Gasteiger partial charge in [0.1, 0.15) is 18.5 Å². The van der Waals surface area contributed by atoms with Crippen LogP contribution in [0.15, 0.2) is 22.8 Å². The molecule has 0 saturated carbocycles. The summed E-state index contributed by atoms with van der Waals surface area (Å²) in [5.74, 6) is 0.597. The molecule has 1 N–H and O–H groups in total. The number of rotatable bonds is 7. The van der Waals surface area contributed by atoms with Crippen molar-refractivity contribution in [2.24, 2.45) is 5.92 Å². The maximum atomic E-state index is 14.1. The molecule has 7 nitrogen and oxygen atoms in total. The van der Waals surface area contributed by atoms with Crippen LogP contribution in [-0.4, -0.2) is 73.2 Å². The number of ether oxygens (including phenoxy) is 1. The van der Waals surface area contributed by atoms with Crippen LogP contribution in [0.1, 0.15) is 31.9 Å². The lowest BCUT2D eigenvalue weighted by Gasteiger charge is -2.36. The lowest BCUT2D eigenvalue weighted by atomic mass is 9.94. The Hall–Kier alpha value is -1.93. The highest BCUT2D eigenvalue weighted by Gasteiger charge is 2.33. The predicted octanol–water partition coefficient (Wildman–Crippen LogP) is 1.58. The van der Waals surface area contributed by atoms with Gasteiger partial charge >= 0.3 is 0 Å². The molecule has 2 atom stereocenters. The van der Waals surface area contributed by atoms with Gasteiger partial charge in [0, 0.05) is 31.5 Å². The SMILES string of the molecule is CCOCC(=O)N1C[C@H](F)C[C@H](NC(=O)C2CCN(Cc3ccco3)CC2)C1. The van der Waals surface area contributed by atoms with E-state index in [-0.39, 0.29) is 43.3 Å². The number of nitrogens with zero attached hydrogens (tertiary/aromatic N) is 2. The van der Waals surface area contributed by atoms with Gasteiger partial charge in [-0.05, 0) is 45.0 Å². The molecule has 0 spiro atoms. The minimum atomic E-state index is -1.13. The average molecular weight is 395 g/mol. The standard InChI is InChI=1S/C20H30FN3O4/c1-2-27-14-19(25)24-11-16(21)10-17(12-24)22-20(26)15-5-7-23(8-6-15)13-18-4-3-9-28-18/h3-4,9,15-17H,2,5-8,10-14H2,1H3,(H,22,26)/t16-,17+/m1/s1. The van der Waals surface area contributed by atoms with E-state index in [0.717, 1.165) is 38.2 Å². The molecule has 1 aromatic heterocycles. The third-order valence-electron chi connectivity index (χ3n) is 5.45. The van der Waals surface area contributed by atoms with E-state index in [2.05, 4.69) is 10.2 Å². The van der Waals surface area contributed by atoms with Crippen molar-refractivity contribution in [2.75, 3.05) is 39.4 Å². The van der Waals surface area contributed by atoms with E-state index >= 15 is 0 Å². The van der Waals surface area contributed by atoms with E-state index in [0.29, 0.717) is 13.2 Å². The molecular formula is C20H30FN3O4. The highest BCUT2D eigenvalue weighted by Crippen LogP contribution is 2.21. The summed E-state index contributed by atoms with van der Waals surface area (Å²) in [6.07, 6.45) is 2.33. The fourth-order valence-corrected chi connectivity index (χ4v) is 3.92. The number of amides is 2. The Kier molecular flexibility index (Phi) is 7.44. The number of halogens is 1. The summed E-state index contributed by atoms with van der Waals surface area (Å²) in [6, 6.07) is 3.48. The van der Waals surface area contributed by atoms with Crippen LogP contribution >= 0.6 is 0 Å². The van der Waals surface area contributed by atoms with Crippen LogP contribution in [0.4, 0.5) is 4.39 Å². The van der Waals surface area contributed by atoms with Crippen LogP contribution in [0.2, 0.25) is 0 Å². The Balaban J connectivity index is 1.44. The molecular weight excluding hydrogens is 365 g/mol. The van der Waals surface area contributed by atoms with Crippen LogP contribution in [0.25, 0.3) is 0 Å². The van der Waals surface area contributed by atoms with Crippen molar-refractivity contribution in [1.29, 1.82) is 0 Å². The fourth-order valence-electron chi connectivity index (χ4n) is 3.92. The second kappa shape index (κ2) is 10.0. The van der Waals surface area contributed by atoms with Gasteiger partial charge in [0.25, 0.3) is 0 Å². The maximum absolute atomic E-state index is 14.1. The highest BCUT2D eigenvalue weighted by molar-refractivity contribution is 5.80. The van der Waals surface area contributed by atoms with Crippen molar-refractivity contribution in [3.05, 3.63) is 24.2 Å². The molecule has 2 fully saturated rings. The van der Waals surface area contributed by atoms with E-state index < -0.39 is 6.17 Å². The molecule has 3 heterocycles. The summed E-state index contributed by atoms with van der Waals surface area (Å²) < 4.78 is 24.6. The van der Waals surface area contributed by atoms with E-state index in [9.17, 15) is 14.0 Å². The fraction of sp³-hybridized carbons (Fsp3) is 0.700. The van der Waals surface area contributed by atoms with E-state index in [1.165, 1.54) is 4.90 Å². The third kappa shape index (κ3) is 5.78. The summed E-state index contributed by atoms with van der Waals surface area (Å²) in [5.41, 5.74) is 0. The molecule has 0 unspecified atom stereocenters. The second-order valence-electron chi connectivity index (χ2n) is 7.60. The van der Waals surface area contributed by atoms with Gasteiger partial charge in [0.2, 0.25) is 11.8 Å². The minimum Gasteiger partial charge on any atom is -0.468 e. The first-order valence-corrected chi connectivity index (χ1v) is 10.1. The number of furan rings is 1. The van der Waals surface area contributed by atoms with Crippen LogP contribution in [-0.2, 0) is 20.9 Å². The van der Waals surface area contributed by atoms with Crippen LogP contribution < -0.4 is 5.32 Å². The van der Waals surface area contributed by atoms with Gasteiger partial charge in [-0.25, -0.2) is 4.39 Å². The van der Waals surface area contributed by atoms with Crippen molar-refractivity contribution in [3.8, 4) is 0 Å². The smallest absolute Gasteiger partial charge is 0.248 e. The quantitative estimate of drug-likeness (QED) is 0.759. The van der Waals surface area contributed by atoms with Gasteiger partial charge in [0.05, 0.1) is 19.4 Å². The molecule has 28 heavy (non-hydrogen) atoms. The topological polar surface area (TPSA) is 75.0 Å². The van der Waals surface area contributed by atoms with Crippen molar-refractivity contribution >= 4 is 11.8 Å². The van der Waals surface area contributed by atoms with E-state index in [1.807, 2.05) is 19.1 Å². The number of carbonyl (C=O) groups is 2. The van der Waals surface area contributed by atoms with Gasteiger partial charge < -0.3 is 19.4 Å². The van der Waals surface area contributed by atoms with Crippen molar-refractivity contribution < 1.29 is 23.1 Å².